The predicted octanol–water partition coefficient (Wildman–Crippen LogP) is 2.91. The number of fused-ring (bicyclic) bond motifs is 3. The summed E-state index contributed by atoms with van der Waals surface area (Å²) in [5.74, 6) is -0.423. The first-order chi connectivity index (χ1) is 14.6. The second-order valence-corrected chi connectivity index (χ2v) is 7.48. The minimum absolute atomic E-state index is 0.294. The lowest BCUT2D eigenvalue weighted by atomic mass is 9.79. The Bertz CT molecular complexity index is 1240. The first kappa shape index (κ1) is 18.6. The number of hydrogen-bond donors (Lipinski definition) is 2. The highest BCUT2D eigenvalue weighted by atomic mass is 16.5. The van der Waals surface area contributed by atoms with Crippen molar-refractivity contribution in [2.45, 2.75) is 18.9 Å². The molecule has 0 amide bonds. The number of para-hydroxylation sites is 1. The Morgan fingerprint density at radius 2 is 2.10 bits per heavy atom. The van der Waals surface area contributed by atoms with E-state index < -0.39 is 11.5 Å². The van der Waals surface area contributed by atoms with Crippen LogP contribution in [0.4, 0.5) is 0 Å². The summed E-state index contributed by atoms with van der Waals surface area (Å²) in [6, 6.07) is 13.8. The number of nitrogens with zero attached hydrogens (tertiary/aromatic N) is 3. The van der Waals surface area contributed by atoms with Gasteiger partial charge in [-0.15, -0.1) is 0 Å². The molecule has 1 aromatic carbocycles. The first-order valence-electron chi connectivity index (χ1n) is 10.1. The predicted molar refractivity (Wildman–Crippen MR) is 113 cm³/mol. The number of benzene rings is 1. The third-order valence-corrected chi connectivity index (χ3v) is 5.71. The zero-order valence-electron chi connectivity index (χ0n) is 17.0. The maximum absolute atomic E-state index is 12.4. The van der Waals surface area contributed by atoms with Crippen LogP contribution in [0.2, 0.25) is 0 Å². The Morgan fingerprint density at radius 1 is 1.23 bits per heavy atom. The number of ether oxygens (including phenoxy) is 1. The van der Waals surface area contributed by atoms with Crippen molar-refractivity contribution in [3.63, 3.8) is 0 Å². The molecule has 0 aliphatic carbocycles. The summed E-state index contributed by atoms with van der Waals surface area (Å²) in [4.78, 5) is 20.8. The summed E-state index contributed by atoms with van der Waals surface area (Å²) in [6.07, 6.45) is 4.75. The van der Waals surface area contributed by atoms with Gasteiger partial charge in [-0.05, 0) is 37.1 Å². The zero-order valence-corrected chi connectivity index (χ0v) is 17.0. The number of pyridine rings is 1. The van der Waals surface area contributed by atoms with E-state index in [1.807, 2.05) is 37.6 Å². The molecule has 30 heavy (non-hydrogen) atoms. The van der Waals surface area contributed by atoms with E-state index in [2.05, 4.69) is 33.6 Å². The highest BCUT2D eigenvalue weighted by molar-refractivity contribution is 5.88. The van der Waals surface area contributed by atoms with E-state index in [9.17, 15) is 4.79 Å². The topological polar surface area (TPSA) is 84.8 Å². The maximum atomic E-state index is 12.4. The summed E-state index contributed by atoms with van der Waals surface area (Å²) in [6.45, 7) is 2.87. The van der Waals surface area contributed by atoms with Crippen molar-refractivity contribution in [2.75, 3.05) is 13.2 Å². The lowest BCUT2D eigenvalue weighted by Crippen LogP contribution is -2.49. The number of carbonyl (C=O) groups excluding carboxylic acids is 1. The van der Waals surface area contributed by atoms with Crippen molar-refractivity contribution in [2.24, 2.45) is 7.05 Å². The zero-order chi connectivity index (χ0) is 20.7. The number of carbonyl (C=O) groups is 1. The molecule has 7 heteroatoms. The van der Waals surface area contributed by atoms with E-state index in [1.54, 1.807) is 17.7 Å². The summed E-state index contributed by atoms with van der Waals surface area (Å²) in [7, 11) is 1.90. The number of nitrogens with one attached hydrogen (secondary N) is 2. The van der Waals surface area contributed by atoms with Gasteiger partial charge < -0.3 is 9.72 Å². The summed E-state index contributed by atoms with van der Waals surface area (Å²) < 4.78 is 6.97. The molecule has 5 rings (SSSR count). The van der Waals surface area contributed by atoms with Crippen LogP contribution in [0.3, 0.4) is 0 Å². The molecule has 4 heterocycles. The van der Waals surface area contributed by atoms with Crippen LogP contribution in [0.15, 0.2) is 54.9 Å². The van der Waals surface area contributed by atoms with Crippen LogP contribution in [0, 0.1) is 0 Å². The van der Waals surface area contributed by atoms with Crippen LogP contribution < -0.4 is 5.32 Å². The van der Waals surface area contributed by atoms with Gasteiger partial charge in [0.2, 0.25) is 0 Å². The Balaban J connectivity index is 1.78. The average molecular weight is 401 g/mol. The Hall–Kier alpha value is -3.45. The molecule has 7 nitrogen and oxygen atoms in total. The van der Waals surface area contributed by atoms with Gasteiger partial charge in [-0.2, -0.15) is 5.10 Å². The average Bonchev–Trinajstić information content (AvgIpc) is 3.38. The van der Waals surface area contributed by atoms with Gasteiger partial charge in [-0.3, -0.25) is 10.00 Å². The van der Waals surface area contributed by atoms with Gasteiger partial charge in [0, 0.05) is 36.3 Å². The van der Waals surface area contributed by atoms with Crippen LogP contribution >= 0.6 is 0 Å². The van der Waals surface area contributed by atoms with Crippen molar-refractivity contribution >= 4 is 16.9 Å². The Morgan fingerprint density at radius 3 is 2.90 bits per heavy atom. The SMILES string of the molecule is CCOC(=O)c1cccc(C2(c3cnn(C)c3)NCCc3c2[nH]c2ccccc32)n1. The van der Waals surface area contributed by atoms with Gasteiger partial charge >= 0.3 is 5.97 Å². The Labute approximate surface area is 174 Å². The van der Waals surface area contributed by atoms with Gasteiger partial charge in [-0.1, -0.05) is 24.3 Å². The number of aromatic nitrogens is 4. The van der Waals surface area contributed by atoms with E-state index in [4.69, 9.17) is 9.72 Å². The number of esters is 1. The molecule has 0 spiro atoms. The maximum Gasteiger partial charge on any atom is 0.356 e. The first-order valence-corrected chi connectivity index (χ1v) is 10.1. The van der Waals surface area contributed by atoms with E-state index in [1.165, 1.54) is 10.9 Å². The number of hydrogen-bond acceptors (Lipinski definition) is 5. The molecule has 0 saturated heterocycles. The number of rotatable bonds is 4. The smallest absolute Gasteiger partial charge is 0.356 e. The van der Waals surface area contributed by atoms with Crippen molar-refractivity contribution < 1.29 is 9.53 Å². The van der Waals surface area contributed by atoms with E-state index in [-0.39, 0.29) is 0 Å². The molecule has 2 N–H and O–H groups in total. The molecule has 3 aromatic heterocycles. The molecular weight excluding hydrogens is 378 g/mol. The quantitative estimate of drug-likeness (QED) is 0.514. The van der Waals surface area contributed by atoms with Crippen LogP contribution in [-0.2, 0) is 23.7 Å². The van der Waals surface area contributed by atoms with Crippen LogP contribution in [-0.4, -0.2) is 38.9 Å². The normalized spacial score (nSPS) is 18.3. The molecule has 152 valence electrons. The molecular formula is C23H23N5O2. The molecule has 0 fully saturated rings. The van der Waals surface area contributed by atoms with Crippen molar-refractivity contribution in [3.05, 3.63) is 83.1 Å². The fraction of sp³-hybridized carbons (Fsp3) is 0.261. The van der Waals surface area contributed by atoms with Crippen molar-refractivity contribution in [1.29, 1.82) is 0 Å². The van der Waals surface area contributed by atoms with Gasteiger partial charge in [-0.25, -0.2) is 9.78 Å². The number of H-pyrrole nitrogens is 1. The molecule has 0 bridgehead atoms. The van der Waals surface area contributed by atoms with E-state index in [0.29, 0.717) is 12.3 Å². The summed E-state index contributed by atoms with van der Waals surface area (Å²) in [5, 5.41) is 9.33. The van der Waals surface area contributed by atoms with Gasteiger partial charge in [0.15, 0.2) is 0 Å². The van der Waals surface area contributed by atoms with Crippen molar-refractivity contribution in [1.82, 2.24) is 25.1 Å². The van der Waals surface area contributed by atoms with Gasteiger partial charge in [0.1, 0.15) is 11.2 Å². The molecule has 4 aromatic rings. The third-order valence-electron chi connectivity index (χ3n) is 5.71. The second-order valence-electron chi connectivity index (χ2n) is 7.48. The minimum Gasteiger partial charge on any atom is -0.461 e. The van der Waals surface area contributed by atoms with E-state index in [0.717, 1.165) is 35.4 Å². The lowest BCUT2D eigenvalue weighted by molar-refractivity contribution is 0.0519. The van der Waals surface area contributed by atoms with Crippen LogP contribution in [0.25, 0.3) is 10.9 Å². The standard InChI is InChI=1S/C23H23N5O2/c1-3-30-22(29)19-9-6-10-20(26-19)23(15-13-25-28(2)14-15)21-17(11-12-24-23)16-7-4-5-8-18(16)27-21/h4-10,13-14,24,27H,3,11-12H2,1-2H3. The number of aryl methyl sites for hydroxylation is 1. The molecule has 0 saturated carbocycles. The van der Waals surface area contributed by atoms with E-state index >= 15 is 0 Å². The second kappa shape index (κ2) is 7.11. The summed E-state index contributed by atoms with van der Waals surface area (Å²) in [5.41, 5.74) is 4.62. The largest absolute Gasteiger partial charge is 0.461 e. The molecule has 0 radical (unpaired) electrons. The fourth-order valence-corrected chi connectivity index (χ4v) is 4.43. The fourth-order valence-electron chi connectivity index (χ4n) is 4.43. The molecule has 1 atom stereocenters. The lowest BCUT2D eigenvalue weighted by Gasteiger charge is -2.37. The highest BCUT2D eigenvalue weighted by Crippen LogP contribution is 2.41. The van der Waals surface area contributed by atoms with Crippen molar-refractivity contribution in [3.8, 4) is 0 Å². The minimum atomic E-state index is -0.747. The third kappa shape index (κ3) is 2.74. The van der Waals surface area contributed by atoms with Crippen LogP contribution in [0.1, 0.15) is 39.9 Å². The molecule has 1 aliphatic rings. The molecule has 1 unspecified atom stereocenters. The molecule has 1 aliphatic heterocycles. The van der Waals surface area contributed by atoms with Gasteiger partial charge in [0.25, 0.3) is 0 Å². The number of aromatic amines is 1. The summed E-state index contributed by atoms with van der Waals surface area (Å²) >= 11 is 0. The van der Waals surface area contributed by atoms with Gasteiger partial charge in [0.05, 0.1) is 24.2 Å². The monoisotopic (exact) mass is 401 g/mol. The highest BCUT2D eigenvalue weighted by Gasteiger charge is 2.44. The van der Waals surface area contributed by atoms with Crippen LogP contribution in [0.5, 0.6) is 0 Å². The Kier molecular flexibility index (Phi) is 4.40.